The molecule has 4 aromatic rings. The van der Waals surface area contributed by atoms with Crippen LogP contribution in [0.3, 0.4) is 0 Å². The summed E-state index contributed by atoms with van der Waals surface area (Å²) in [7, 11) is 0. The number of hydrogen-bond acceptors (Lipinski definition) is 4. The van der Waals surface area contributed by atoms with Crippen LogP contribution in [0.1, 0.15) is 15.9 Å². The molecule has 0 aliphatic carbocycles. The molecule has 0 saturated carbocycles. The number of aromatic nitrogens is 2. The molecular formula is C24H16BrF4N3O3. The van der Waals surface area contributed by atoms with Crippen LogP contribution in [0.25, 0.3) is 0 Å². The molecule has 35 heavy (non-hydrogen) atoms. The summed E-state index contributed by atoms with van der Waals surface area (Å²) in [6, 6.07) is 13.3. The molecule has 0 aliphatic heterocycles. The molecule has 0 unspecified atom stereocenters. The molecule has 1 N–H and O–H groups in total. The molecule has 1 aromatic heterocycles. The Kier molecular flexibility index (Phi) is 7.35. The number of nitrogens with zero attached hydrogens (tertiary/aromatic N) is 2. The predicted octanol–water partition coefficient (Wildman–Crippen LogP) is 6.07. The number of nitrogens with one attached hydrogen (secondary N) is 1. The van der Waals surface area contributed by atoms with Crippen molar-refractivity contribution in [3.8, 4) is 11.5 Å². The first-order chi connectivity index (χ1) is 16.8. The van der Waals surface area contributed by atoms with Gasteiger partial charge in [0.15, 0.2) is 24.1 Å². The number of rotatable bonds is 8. The van der Waals surface area contributed by atoms with E-state index in [4.69, 9.17) is 9.47 Å². The molecule has 1 heterocycles. The summed E-state index contributed by atoms with van der Waals surface area (Å²) in [5, 5.41) is 6.82. The fourth-order valence-corrected chi connectivity index (χ4v) is 3.22. The lowest BCUT2D eigenvalue weighted by Crippen LogP contribution is -2.12. The Labute approximate surface area is 205 Å². The Hall–Kier alpha value is -3.86. The highest BCUT2D eigenvalue weighted by Crippen LogP contribution is 2.27. The summed E-state index contributed by atoms with van der Waals surface area (Å²) < 4.78 is 66.9. The van der Waals surface area contributed by atoms with Crippen molar-refractivity contribution in [3.63, 3.8) is 0 Å². The first-order valence-electron chi connectivity index (χ1n) is 10.1. The number of halogens is 5. The molecular weight excluding hydrogens is 534 g/mol. The lowest BCUT2D eigenvalue weighted by molar-refractivity contribution is 0.102. The highest BCUT2D eigenvalue weighted by atomic mass is 79.9. The van der Waals surface area contributed by atoms with Crippen LogP contribution in [0, 0.1) is 23.3 Å². The lowest BCUT2D eigenvalue weighted by Gasteiger charge is -2.10. The zero-order valence-corrected chi connectivity index (χ0v) is 19.4. The standard InChI is InChI=1S/C24H16BrF4N3O3/c25-16-5-7-18(8-6-16)35-13-32-11-17(10-30-32)31-24(33)15-3-1-14(2-4-15)12-34-23-21(28)19(26)9-20(27)22(23)29/h1-11H,12-13H2,(H,31,33). The van der Waals surface area contributed by atoms with E-state index < -0.39 is 34.9 Å². The Bertz CT molecular complexity index is 1320. The summed E-state index contributed by atoms with van der Waals surface area (Å²) in [5.41, 5.74) is 1.16. The van der Waals surface area contributed by atoms with Crippen molar-refractivity contribution >= 4 is 27.5 Å². The second-order valence-corrected chi connectivity index (χ2v) is 8.15. The third-order valence-electron chi connectivity index (χ3n) is 4.74. The van der Waals surface area contributed by atoms with Crippen molar-refractivity contribution in [1.29, 1.82) is 0 Å². The van der Waals surface area contributed by atoms with Gasteiger partial charge in [-0.05, 0) is 42.0 Å². The fraction of sp³-hybridized carbons (Fsp3) is 0.0833. The topological polar surface area (TPSA) is 65.4 Å². The monoisotopic (exact) mass is 549 g/mol. The normalized spacial score (nSPS) is 10.8. The minimum Gasteiger partial charge on any atom is -0.483 e. The average Bonchev–Trinajstić information content (AvgIpc) is 3.30. The molecule has 1 amide bonds. The van der Waals surface area contributed by atoms with E-state index >= 15 is 0 Å². The fourth-order valence-electron chi connectivity index (χ4n) is 2.96. The van der Waals surface area contributed by atoms with E-state index in [2.05, 4.69) is 26.3 Å². The van der Waals surface area contributed by atoms with Gasteiger partial charge in [-0.2, -0.15) is 13.9 Å². The highest BCUT2D eigenvalue weighted by molar-refractivity contribution is 9.10. The van der Waals surface area contributed by atoms with Gasteiger partial charge in [0.2, 0.25) is 11.6 Å². The van der Waals surface area contributed by atoms with E-state index in [1.807, 2.05) is 12.1 Å². The summed E-state index contributed by atoms with van der Waals surface area (Å²) in [4.78, 5) is 12.5. The van der Waals surface area contributed by atoms with Gasteiger partial charge in [-0.1, -0.05) is 28.1 Å². The molecule has 3 aromatic carbocycles. The summed E-state index contributed by atoms with van der Waals surface area (Å²) >= 11 is 3.35. The van der Waals surface area contributed by atoms with Crippen LogP contribution >= 0.6 is 15.9 Å². The third-order valence-corrected chi connectivity index (χ3v) is 5.27. The van der Waals surface area contributed by atoms with E-state index in [-0.39, 0.29) is 19.4 Å². The van der Waals surface area contributed by atoms with E-state index in [0.29, 0.717) is 22.6 Å². The molecule has 0 radical (unpaired) electrons. The van der Waals surface area contributed by atoms with Gasteiger partial charge in [-0.3, -0.25) is 4.79 Å². The van der Waals surface area contributed by atoms with Crippen molar-refractivity contribution in [2.45, 2.75) is 13.3 Å². The van der Waals surface area contributed by atoms with Crippen LogP contribution in [0.2, 0.25) is 0 Å². The largest absolute Gasteiger partial charge is 0.483 e. The van der Waals surface area contributed by atoms with Crippen molar-refractivity contribution in [2.75, 3.05) is 5.32 Å². The van der Waals surface area contributed by atoms with Crippen LogP contribution in [-0.2, 0) is 13.3 Å². The quantitative estimate of drug-likeness (QED) is 0.214. The van der Waals surface area contributed by atoms with Crippen LogP contribution in [-0.4, -0.2) is 15.7 Å². The van der Waals surface area contributed by atoms with Crippen molar-refractivity contribution in [3.05, 3.63) is 106 Å². The van der Waals surface area contributed by atoms with Gasteiger partial charge in [-0.25, -0.2) is 13.5 Å². The predicted molar refractivity (Wildman–Crippen MR) is 122 cm³/mol. The first-order valence-corrected chi connectivity index (χ1v) is 10.9. The minimum atomic E-state index is -1.62. The van der Waals surface area contributed by atoms with Gasteiger partial charge in [0.1, 0.15) is 12.4 Å². The lowest BCUT2D eigenvalue weighted by atomic mass is 10.1. The zero-order chi connectivity index (χ0) is 24.9. The van der Waals surface area contributed by atoms with Crippen LogP contribution < -0.4 is 14.8 Å². The molecule has 0 fully saturated rings. The number of carbonyl (C=O) groups is 1. The second kappa shape index (κ2) is 10.6. The van der Waals surface area contributed by atoms with Crippen LogP contribution in [0.5, 0.6) is 11.5 Å². The van der Waals surface area contributed by atoms with Crippen molar-refractivity contribution in [1.82, 2.24) is 9.78 Å². The Morgan fingerprint density at radius 1 is 0.943 bits per heavy atom. The molecule has 0 bridgehead atoms. The van der Waals surface area contributed by atoms with E-state index in [0.717, 1.165) is 4.47 Å². The number of ether oxygens (including phenoxy) is 2. The second-order valence-electron chi connectivity index (χ2n) is 7.23. The van der Waals surface area contributed by atoms with E-state index in [1.165, 1.54) is 35.1 Å². The maximum Gasteiger partial charge on any atom is 0.255 e. The minimum absolute atomic E-state index is 0.101. The summed E-state index contributed by atoms with van der Waals surface area (Å²) in [6.45, 7) is -0.230. The number of hydrogen-bond donors (Lipinski definition) is 1. The molecule has 11 heteroatoms. The van der Waals surface area contributed by atoms with Gasteiger partial charge < -0.3 is 14.8 Å². The molecule has 6 nitrogen and oxygen atoms in total. The summed E-state index contributed by atoms with van der Waals surface area (Å²) in [5.74, 6) is -7.28. The van der Waals surface area contributed by atoms with E-state index in [9.17, 15) is 22.4 Å². The van der Waals surface area contributed by atoms with Gasteiger partial charge in [0, 0.05) is 16.1 Å². The van der Waals surface area contributed by atoms with Crippen LogP contribution in [0.4, 0.5) is 23.2 Å². The smallest absolute Gasteiger partial charge is 0.255 e. The first kappa shape index (κ1) is 24.3. The number of carbonyl (C=O) groups excluding carboxylic acids is 1. The molecule has 0 aliphatic rings. The average molecular weight is 550 g/mol. The van der Waals surface area contributed by atoms with Crippen molar-refractivity contribution < 1.29 is 31.8 Å². The highest BCUT2D eigenvalue weighted by Gasteiger charge is 2.20. The molecule has 0 saturated heterocycles. The van der Waals surface area contributed by atoms with Gasteiger partial charge >= 0.3 is 0 Å². The number of anilines is 1. The Morgan fingerprint density at radius 2 is 1.60 bits per heavy atom. The van der Waals surface area contributed by atoms with Crippen molar-refractivity contribution in [2.24, 2.45) is 0 Å². The van der Waals surface area contributed by atoms with Gasteiger partial charge in [0.25, 0.3) is 5.91 Å². The molecule has 4 rings (SSSR count). The number of amides is 1. The van der Waals surface area contributed by atoms with Crippen LogP contribution in [0.15, 0.2) is 71.5 Å². The molecule has 0 spiro atoms. The summed E-state index contributed by atoms with van der Waals surface area (Å²) in [6.07, 6.45) is 3.06. The maximum atomic E-state index is 13.7. The maximum absolute atomic E-state index is 13.7. The Morgan fingerprint density at radius 3 is 2.26 bits per heavy atom. The third kappa shape index (κ3) is 5.99. The zero-order valence-electron chi connectivity index (χ0n) is 17.8. The number of benzene rings is 3. The Balaban J connectivity index is 1.32. The molecule has 0 atom stereocenters. The van der Waals surface area contributed by atoms with Gasteiger partial charge in [0.05, 0.1) is 18.1 Å². The van der Waals surface area contributed by atoms with E-state index in [1.54, 1.807) is 18.3 Å². The molecule has 180 valence electrons. The SMILES string of the molecule is O=C(Nc1cnn(COc2ccc(Br)cc2)c1)c1ccc(COc2c(F)c(F)cc(F)c2F)cc1. The van der Waals surface area contributed by atoms with Gasteiger partial charge in [-0.15, -0.1) is 0 Å².